The lowest BCUT2D eigenvalue weighted by Gasteiger charge is -2.06. The van der Waals surface area contributed by atoms with Crippen LogP contribution in [0.3, 0.4) is 0 Å². The lowest BCUT2D eigenvalue weighted by molar-refractivity contribution is 0.110. The fraction of sp³-hybridized carbons (Fsp3) is 0.222. The van der Waals surface area contributed by atoms with Crippen LogP contribution >= 0.6 is 0 Å². The van der Waals surface area contributed by atoms with Crippen LogP contribution < -0.4 is 0 Å². The first kappa shape index (κ1) is 10.3. The number of halogens is 2. The number of aldehydes is 1. The highest BCUT2D eigenvalue weighted by molar-refractivity contribution is 5.75. The molecule has 1 rings (SSSR count). The minimum Gasteiger partial charge on any atom is -0.296 e. The van der Waals surface area contributed by atoms with E-state index < -0.39 is 12.0 Å². The first-order chi connectivity index (χ1) is 6.60. The van der Waals surface area contributed by atoms with Gasteiger partial charge in [0.25, 0.3) is 6.43 Å². The molecule has 0 aliphatic carbocycles. The van der Waals surface area contributed by atoms with Crippen LogP contribution in [0, 0.1) is 18.3 Å². The van der Waals surface area contributed by atoms with Crippen molar-refractivity contribution < 1.29 is 13.6 Å². The summed E-state index contributed by atoms with van der Waals surface area (Å²) in [5, 5.41) is 8.50. The molecular formula is C9H6F2N2O. The third-order valence-corrected chi connectivity index (χ3v) is 1.74. The molecule has 72 valence electrons. The number of pyridine rings is 1. The molecule has 5 heteroatoms. The lowest BCUT2D eigenvalue weighted by atomic mass is 10.1. The summed E-state index contributed by atoms with van der Waals surface area (Å²) in [5.41, 5.74) is -0.599. The number of carbonyl (C=O) groups excluding carboxylic acids is 1. The molecule has 0 unspecified atom stereocenters. The van der Waals surface area contributed by atoms with E-state index in [4.69, 9.17) is 5.26 Å². The van der Waals surface area contributed by atoms with E-state index in [0.717, 1.165) is 0 Å². The molecule has 0 bridgehead atoms. The molecule has 0 saturated heterocycles. The van der Waals surface area contributed by atoms with Crippen molar-refractivity contribution >= 4 is 6.29 Å². The second kappa shape index (κ2) is 3.92. The van der Waals surface area contributed by atoms with Crippen molar-refractivity contribution in [1.29, 1.82) is 5.26 Å². The third-order valence-electron chi connectivity index (χ3n) is 1.74. The second-order valence-corrected chi connectivity index (χ2v) is 2.65. The summed E-state index contributed by atoms with van der Waals surface area (Å²) in [6.45, 7) is 1.41. The van der Waals surface area contributed by atoms with Gasteiger partial charge in [0.1, 0.15) is 17.5 Å². The molecule has 0 N–H and O–H groups in total. The Bertz CT molecular complexity index is 410. The predicted molar refractivity (Wildman–Crippen MR) is 44.0 cm³/mol. The molecule has 0 radical (unpaired) electrons. The Labute approximate surface area is 79.0 Å². The topological polar surface area (TPSA) is 53.8 Å². The van der Waals surface area contributed by atoms with Crippen molar-refractivity contribution in [3.63, 3.8) is 0 Å². The Kier molecular flexibility index (Phi) is 2.87. The minimum atomic E-state index is -2.75. The van der Waals surface area contributed by atoms with Crippen LogP contribution in [0.25, 0.3) is 0 Å². The predicted octanol–water partition coefficient (Wildman–Crippen LogP) is 2.01. The van der Waals surface area contributed by atoms with Crippen molar-refractivity contribution in [2.75, 3.05) is 0 Å². The second-order valence-electron chi connectivity index (χ2n) is 2.65. The molecule has 3 nitrogen and oxygen atoms in total. The summed E-state index contributed by atoms with van der Waals surface area (Å²) in [5.74, 6) is 0. The maximum atomic E-state index is 12.4. The molecule has 0 spiro atoms. The zero-order chi connectivity index (χ0) is 10.7. The molecule has 1 aromatic heterocycles. The van der Waals surface area contributed by atoms with E-state index in [0.29, 0.717) is 0 Å². The highest BCUT2D eigenvalue weighted by atomic mass is 19.3. The van der Waals surface area contributed by atoms with Crippen LogP contribution in [0.1, 0.15) is 33.7 Å². The van der Waals surface area contributed by atoms with E-state index >= 15 is 0 Å². The maximum absolute atomic E-state index is 12.4. The lowest BCUT2D eigenvalue weighted by Crippen LogP contribution is -2.02. The standard InChI is InChI=1S/C9H6F2N2O/c1-5-2-6(3-12)13-7(4-14)8(5)9(10)11/h2,4,9H,1H3. The fourth-order valence-electron chi connectivity index (χ4n) is 1.14. The number of rotatable bonds is 2. The van der Waals surface area contributed by atoms with Crippen molar-refractivity contribution in [3.8, 4) is 6.07 Å². The third kappa shape index (κ3) is 1.74. The summed E-state index contributed by atoms with van der Waals surface area (Å²) in [6.07, 6.45) is -2.52. The number of aromatic nitrogens is 1. The van der Waals surface area contributed by atoms with Gasteiger partial charge in [-0.1, -0.05) is 0 Å². The van der Waals surface area contributed by atoms with E-state index in [1.54, 1.807) is 6.07 Å². The summed E-state index contributed by atoms with van der Waals surface area (Å²) in [7, 11) is 0. The number of nitriles is 1. The largest absolute Gasteiger partial charge is 0.296 e. The Balaban J connectivity index is 3.44. The van der Waals surface area contributed by atoms with Gasteiger partial charge in [-0.05, 0) is 18.6 Å². The van der Waals surface area contributed by atoms with Gasteiger partial charge in [0.05, 0.1) is 0 Å². The Morgan fingerprint density at radius 3 is 2.71 bits per heavy atom. The van der Waals surface area contributed by atoms with Gasteiger partial charge >= 0.3 is 0 Å². The molecule has 0 amide bonds. The molecule has 0 atom stereocenters. The summed E-state index contributed by atoms with van der Waals surface area (Å²) in [6, 6.07) is 2.92. The minimum absolute atomic E-state index is 0.0333. The first-order valence-electron chi connectivity index (χ1n) is 3.75. The Hall–Kier alpha value is -1.83. The normalized spacial score (nSPS) is 9.93. The number of aryl methyl sites for hydroxylation is 1. The van der Waals surface area contributed by atoms with E-state index in [2.05, 4.69) is 4.98 Å². The molecule has 1 aromatic rings. The SMILES string of the molecule is Cc1cc(C#N)nc(C=O)c1C(F)F. The summed E-state index contributed by atoms with van der Waals surface area (Å²) >= 11 is 0. The number of carbonyl (C=O) groups is 1. The molecule has 0 aliphatic rings. The molecule has 0 aliphatic heterocycles. The highest BCUT2D eigenvalue weighted by Crippen LogP contribution is 2.24. The van der Waals surface area contributed by atoms with E-state index in [1.807, 2.05) is 0 Å². The van der Waals surface area contributed by atoms with Gasteiger partial charge in [-0.25, -0.2) is 13.8 Å². The van der Waals surface area contributed by atoms with Crippen LogP contribution in [0.15, 0.2) is 6.07 Å². The van der Waals surface area contributed by atoms with Gasteiger partial charge in [-0.2, -0.15) is 5.26 Å². The van der Waals surface area contributed by atoms with Crippen LogP contribution in [0.4, 0.5) is 8.78 Å². The maximum Gasteiger partial charge on any atom is 0.266 e. The van der Waals surface area contributed by atoms with Gasteiger partial charge in [-0.3, -0.25) is 4.79 Å². The van der Waals surface area contributed by atoms with Gasteiger partial charge in [0.2, 0.25) is 0 Å². The number of hydrogen-bond acceptors (Lipinski definition) is 3. The van der Waals surface area contributed by atoms with Crippen LogP contribution in [-0.2, 0) is 0 Å². The van der Waals surface area contributed by atoms with Crippen molar-refractivity contribution in [2.45, 2.75) is 13.3 Å². The van der Waals surface area contributed by atoms with Gasteiger partial charge in [0.15, 0.2) is 6.29 Å². The average Bonchev–Trinajstić information content (AvgIpc) is 2.15. The van der Waals surface area contributed by atoms with Crippen molar-refractivity contribution in [1.82, 2.24) is 4.98 Å². The smallest absolute Gasteiger partial charge is 0.266 e. The van der Waals surface area contributed by atoms with E-state index in [1.165, 1.54) is 13.0 Å². The molecular weight excluding hydrogens is 190 g/mol. The van der Waals surface area contributed by atoms with Crippen LogP contribution in [0.5, 0.6) is 0 Å². The first-order valence-corrected chi connectivity index (χ1v) is 3.75. The highest BCUT2D eigenvalue weighted by Gasteiger charge is 2.17. The molecule has 1 heterocycles. The number of alkyl halides is 2. The monoisotopic (exact) mass is 196 g/mol. The Morgan fingerprint density at radius 2 is 2.29 bits per heavy atom. The Morgan fingerprint density at radius 1 is 1.64 bits per heavy atom. The van der Waals surface area contributed by atoms with E-state index in [9.17, 15) is 13.6 Å². The molecule has 0 fully saturated rings. The molecule has 0 saturated carbocycles. The summed E-state index contributed by atoms with van der Waals surface area (Å²) < 4.78 is 24.9. The zero-order valence-electron chi connectivity index (χ0n) is 7.29. The van der Waals surface area contributed by atoms with Crippen molar-refractivity contribution in [2.24, 2.45) is 0 Å². The number of hydrogen-bond donors (Lipinski definition) is 0. The molecule has 0 aromatic carbocycles. The van der Waals surface area contributed by atoms with Gasteiger partial charge in [0, 0.05) is 5.56 Å². The van der Waals surface area contributed by atoms with Crippen LogP contribution in [-0.4, -0.2) is 11.3 Å². The zero-order valence-corrected chi connectivity index (χ0v) is 7.29. The average molecular weight is 196 g/mol. The van der Waals surface area contributed by atoms with Crippen LogP contribution in [0.2, 0.25) is 0 Å². The van der Waals surface area contributed by atoms with Gasteiger partial charge in [-0.15, -0.1) is 0 Å². The fourth-order valence-corrected chi connectivity index (χ4v) is 1.14. The molecule has 14 heavy (non-hydrogen) atoms. The van der Waals surface area contributed by atoms with Crippen molar-refractivity contribution in [3.05, 3.63) is 28.6 Å². The number of nitrogens with zero attached hydrogens (tertiary/aromatic N) is 2. The quantitative estimate of drug-likeness (QED) is 0.680. The van der Waals surface area contributed by atoms with Gasteiger partial charge < -0.3 is 0 Å². The van der Waals surface area contributed by atoms with E-state index in [-0.39, 0.29) is 23.2 Å². The summed E-state index contributed by atoms with van der Waals surface area (Å²) in [4.78, 5) is 13.9.